The van der Waals surface area contributed by atoms with Gasteiger partial charge in [0.2, 0.25) is 0 Å². The highest BCUT2D eigenvalue weighted by Gasteiger charge is 2.14. The molecule has 0 aromatic carbocycles. The van der Waals surface area contributed by atoms with Gasteiger partial charge in [0.05, 0.1) is 0 Å². The Kier molecular flexibility index (Phi) is 2.63. The summed E-state index contributed by atoms with van der Waals surface area (Å²) in [7, 11) is 0. The molecule has 1 aliphatic rings. The van der Waals surface area contributed by atoms with E-state index in [4.69, 9.17) is 5.14 Å². The molecule has 3 nitrogen and oxygen atoms in total. The van der Waals surface area contributed by atoms with Gasteiger partial charge in [-0.25, -0.2) is 14.1 Å². The summed E-state index contributed by atoms with van der Waals surface area (Å²) in [4.78, 5) is 0. The van der Waals surface area contributed by atoms with Crippen molar-refractivity contribution in [3.05, 3.63) is 0 Å². The lowest BCUT2D eigenvalue weighted by molar-refractivity contribution is 0.618. The summed E-state index contributed by atoms with van der Waals surface area (Å²) >= 11 is -1.31. The predicted octanol–water partition coefficient (Wildman–Crippen LogP) is 0.0560. The minimum atomic E-state index is -1.31. The first kappa shape index (κ1) is 7.18. The average molecular weight is 148 g/mol. The Labute approximate surface area is 57.7 Å². The molecular formula is C5H12N2OS. The quantitative estimate of drug-likeness (QED) is 0.571. The number of hydrogen-bond acceptors (Lipinski definition) is 1. The Hall–Kier alpha value is 0.0700. The lowest BCUT2D eigenvalue weighted by Gasteiger charge is -2.06. The highest BCUT2D eigenvalue weighted by Crippen LogP contribution is 2.17. The van der Waals surface area contributed by atoms with Crippen LogP contribution < -0.4 is 9.86 Å². The fourth-order valence-electron chi connectivity index (χ4n) is 1.21. The molecule has 1 fully saturated rings. The van der Waals surface area contributed by atoms with Crippen LogP contribution in [0, 0.1) is 0 Å². The molecule has 0 radical (unpaired) electrons. The summed E-state index contributed by atoms with van der Waals surface area (Å²) in [6.45, 7) is 0. The van der Waals surface area contributed by atoms with Crippen LogP contribution in [0.15, 0.2) is 0 Å². The van der Waals surface area contributed by atoms with Crippen LogP contribution >= 0.6 is 0 Å². The van der Waals surface area contributed by atoms with Crippen molar-refractivity contribution in [2.75, 3.05) is 0 Å². The van der Waals surface area contributed by atoms with E-state index >= 15 is 0 Å². The van der Waals surface area contributed by atoms with Crippen LogP contribution in [-0.2, 0) is 11.2 Å². The van der Waals surface area contributed by atoms with Crippen molar-refractivity contribution in [1.82, 2.24) is 4.72 Å². The third kappa shape index (κ3) is 2.43. The number of hydrogen-bond donors (Lipinski definition) is 2. The molecule has 4 heteroatoms. The SMILES string of the molecule is NS(=O)NC1CCCC1. The van der Waals surface area contributed by atoms with E-state index in [9.17, 15) is 4.21 Å². The summed E-state index contributed by atoms with van der Waals surface area (Å²) < 4.78 is 13.2. The molecule has 1 aliphatic carbocycles. The molecular weight excluding hydrogens is 136 g/mol. The largest absolute Gasteiger partial charge is 0.239 e. The Morgan fingerprint density at radius 1 is 1.44 bits per heavy atom. The third-order valence-corrected chi connectivity index (χ3v) is 2.20. The standard InChI is InChI=1S/C5H12N2OS/c6-9(8)7-5-3-1-2-4-5/h5,7H,1-4,6H2. The van der Waals surface area contributed by atoms with E-state index in [0.29, 0.717) is 6.04 Å². The highest BCUT2D eigenvalue weighted by molar-refractivity contribution is 7.80. The monoisotopic (exact) mass is 148 g/mol. The van der Waals surface area contributed by atoms with Gasteiger partial charge in [0.25, 0.3) is 0 Å². The maximum Gasteiger partial charge on any atom is 0.164 e. The van der Waals surface area contributed by atoms with E-state index in [-0.39, 0.29) is 0 Å². The van der Waals surface area contributed by atoms with Gasteiger partial charge in [-0.05, 0) is 12.8 Å². The van der Waals surface area contributed by atoms with Gasteiger partial charge in [0, 0.05) is 6.04 Å². The third-order valence-electron chi connectivity index (χ3n) is 1.64. The molecule has 0 heterocycles. The second-order valence-corrected chi connectivity index (χ2v) is 3.23. The molecule has 0 bridgehead atoms. The zero-order valence-electron chi connectivity index (χ0n) is 5.30. The summed E-state index contributed by atoms with van der Waals surface area (Å²) in [5.41, 5.74) is 0. The van der Waals surface area contributed by atoms with Gasteiger partial charge in [-0.3, -0.25) is 0 Å². The van der Waals surface area contributed by atoms with Gasteiger partial charge in [0.15, 0.2) is 11.2 Å². The van der Waals surface area contributed by atoms with E-state index in [1.54, 1.807) is 0 Å². The lowest BCUT2D eigenvalue weighted by atomic mass is 10.3. The highest BCUT2D eigenvalue weighted by atomic mass is 32.2. The van der Waals surface area contributed by atoms with Crippen molar-refractivity contribution in [3.63, 3.8) is 0 Å². The smallest absolute Gasteiger partial charge is 0.164 e. The first-order chi connectivity index (χ1) is 4.29. The normalized spacial score (nSPS) is 24.6. The number of nitrogens with one attached hydrogen (secondary N) is 1. The van der Waals surface area contributed by atoms with Crippen LogP contribution in [0.25, 0.3) is 0 Å². The second kappa shape index (κ2) is 3.29. The molecule has 1 saturated carbocycles. The molecule has 0 amide bonds. The summed E-state index contributed by atoms with van der Waals surface area (Å²) in [6, 6.07) is 0.413. The predicted molar refractivity (Wildman–Crippen MR) is 37.7 cm³/mol. The van der Waals surface area contributed by atoms with Gasteiger partial charge in [-0.2, -0.15) is 0 Å². The van der Waals surface area contributed by atoms with Crippen LogP contribution in [0.4, 0.5) is 0 Å². The van der Waals surface area contributed by atoms with Crippen LogP contribution in [0.5, 0.6) is 0 Å². The van der Waals surface area contributed by atoms with Crippen molar-refractivity contribution in [3.8, 4) is 0 Å². The van der Waals surface area contributed by atoms with E-state index in [1.807, 2.05) is 0 Å². The molecule has 0 aliphatic heterocycles. The molecule has 0 aromatic heterocycles. The average Bonchev–Trinajstić information content (AvgIpc) is 2.15. The molecule has 0 saturated heterocycles. The zero-order valence-corrected chi connectivity index (χ0v) is 6.12. The minimum absolute atomic E-state index is 0.413. The van der Waals surface area contributed by atoms with Crippen molar-refractivity contribution in [2.24, 2.45) is 5.14 Å². The molecule has 1 atom stereocenters. The van der Waals surface area contributed by atoms with E-state index < -0.39 is 11.2 Å². The molecule has 54 valence electrons. The molecule has 9 heavy (non-hydrogen) atoms. The molecule has 0 spiro atoms. The zero-order chi connectivity index (χ0) is 6.69. The Bertz CT molecular complexity index is 112. The number of rotatable bonds is 2. The summed E-state index contributed by atoms with van der Waals surface area (Å²) in [5.74, 6) is 0. The summed E-state index contributed by atoms with van der Waals surface area (Å²) in [5, 5.41) is 5.03. The molecule has 3 N–H and O–H groups in total. The molecule has 1 unspecified atom stereocenters. The Morgan fingerprint density at radius 3 is 2.44 bits per heavy atom. The minimum Gasteiger partial charge on any atom is -0.239 e. The lowest BCUT2D eigenvalue weighted by Crippen LogP contribution is -2.32. The Morgan fingerprint density at radius 2 is 2.00 bits per heavy atom. The van der Waals surface area contributed by atoms with Gasteiger partial charge >= 0.3 is 0 Å². The van der Waals surface area contributed by atoms with Crippen molar-refractivity contribution < 1.29 is 4.21 Å². The van der Waals surface area contributed by atoms with Crippen molar-refractivity contribution >= 4 is 11.2 Å². The molecule has 0 aromatic rings. The van der Waals surface area contributed by atoms with Gasteiger partial charge in [-0.1, -0.05) is 12.8 Å². The van der Waals surface area contributed by atoms with Crippen molar-refractivity contribution in [1.29, 1.82) is 0 Å². The van der Waals surface area contributed by atoms with Crippen LogP contribution in [0.1, 0.15) is 25.7 Å². The fourth-order valence-corrected chi connectivity index (χ4v) is 1.77. The summed E-state index contributed by atoms with van der Waals surface area (Å²) in [6.07, 6.45) is 4.75. The first-order valence-electron chi connectivity index (χ1n) is 3.21. The van der Waals surface area contributed by atoms with E-state index in [1.165, 1.54) is 12.8 Å². The van der Waals surface area contributed by atoms with E-state index in [0.717, 1.165) is 12.8 Å². The van der Waals surface area contributed by atoms with Crippen LogP contribution in [-0.4, -0.2) is 10.3 Å². The Balaban J connectivity index is 2.19. The first-order valence-corrected chi connectivity index (χ1v) is 4.42. The maximum atomic E-state index is 10.4. The second-order valence-electron chi connectivity index (χ2n) is 2.40. The van der Waals surface area contributed by atoms with Gasteiger partial charge in [0.1, 0.15) is 0 Å². The molecule has 1 rings (SSSR count). The van der Waals surface area contributed by atoms with Gasteiger partial charge < -0.3 is 0 Å². The van der Waals surface area contributed by atoms with Crippen molar-refractivity contribution in [2.45, 2.75) is 31.7 Å². The maximum absolute atomic E-state index is 10.4. The number of nitrogens with two attached hydrogens (primary N) is 1. The van der Waals surface area contributed by atoms with E-state index in [2.05, 4.69) is 4.72 Å². The topological polar surface area (TPSA) is 55.1 Å². The van der Waals surface area contributed by atoms with Crippen LogP contribution in [0.3, 0.4) is 0 Å². The van der Waals surface area contributed by atoms with Gasteiger partial charge in [-0.15, -0.1) is 0 Å². The van der Waals surface area contributed by atoms with Crippen LogP contribution in [0.2, 0.25) is 0 Å². The fraction of sp³-hybridized carbons (Fsp3) is 1.00.